The maximum absolute atomic E-state index is 13.1. The Morgan fingerprint density at radius 1 is 0.635 bits per heavy atom. The van der Waals surface area contributed by atoms with Gasteiger partial charge in [0.05, 0.1) is 71.9 Å². The van der Waals surface area contributed by atoms with E-state index in [1.165, 1.54) is 6.92 Å². The van der Waals surface area contributed by atoms with E-state index < -0.39 is 133 Å². The fourth-order valence-corrected chi connectivity index (χ4v) is 15.3. The summed E-state index contributed by atoms with van der Waals surface area (Å²) in [6.07, 6.45) is -4.00. The molecule has 8 fully saturated rings. The summed E-state index contributed by atoms with van der Waals surface area (Å²) in [7, 11) is 4.82. The largest absolute Gasteiger partial charge is 0.462 e. The molecule has 4 aliphatic heterocycles. The minimum Gasteiger partial charge on any atom is -0.462 e. The summed E-state index contributed by atoms with van der Waals surface area (Å²) in [6, 6.07) is 0. The van der Waals surface area contributed by atoms with Crippen LogP contribution in [0.5, 0.6) is 0 Å². The van der Waals surface area contributed by atoms with E-state index in [2.05, 4.69) is 6.92 Å². The van der Waals surface area contributed by atoms with Gasteiger partial charge in [0.2, 0.25) is 0 Å². The predicted molar refractivity (Wildman–Crippen MR) is 264 cm³/mol. The standard InChI is InChI=1S/C55H92O19/c1-14-27(2)51(59)69-32(7)54(60)19-20-55(61)36-16-15-34-21-35(17-18-52(34,9)37(36)22-42(53(54,55)10)70-33(8)56)71-43-23-38(57)48(29(4)66-43)72-45-25-40(63-12)50(30(5)67-45)74-46-26-41(64-13)49(31(6)68-46)73-44-24-39(62-11)47(58)28(3)65-44/h27-32,34-50,57-58,60-61H,14-26H2,1-13H3/t27-,28-,29-,30-,31-,32-,34+,35-,36-,37+,38-,39-,40-,41-,42-,43+,44+,45+,46+,47-,48-,49-,50-,52-,53-,54-,55-/m1/s1. The van der Waals surface area contributed by atoms with E-state index in [0.29, 0.717) is 38.5 Å². The molecule has 19 heteroatoms. The van der Waals surface area contributed by atoms with Crippen LogP contribution in [0.3, 0.4) is 0 Å². The van der Waals surface area contributed by atoms with Crippen molar-refractivity contribution >= 4 is 11.9 Å². The minimum atomic E-state index is -1.62. The van der Waals surface area contributed by atoms with E-state index in [4.69, 9.17) is 61.6 Å². The molecule has 4 aliphatic carbocycles. The van der Waals surface area contributed by atoms with Crippen LogP contribution in [0.25, 0.3) is 0 Å². The SMILES string of the molecule is CC[C@@H](C)C(=O)O[C@H](C)[C@]1(O)CC[C@@]2(O)[C@@H]3CC[C@H]4C[C@H](O[C@H]5C[C@@H](O)[C@H](O[C@H]6C[C@@H](OC)[C@H](O[C@H]7C[C@@H](OC)[C@H](O[C@H]8C[C@@H](OC)[C@H](O)[C@@H](C)O8)[C@@H](C)O7)[C@@H](C)O6)[C@@H](C)O5)CC[C@@]4(C)[C@H]3C[C@@H](OC(C)=O)[C@@]21C. The first-order valence-corrected chi connectivity index (χ1v) is 28.0. The van der Waals surface area contributed by atoms with E-state index >= 15 is 0 Å². The lowest BCUT2D eigenvalue weighted by molar-refractivity contribution is -0.347. The molecule has 0 unspecified atom stereocenters. The van der Waals surface area contributed by atoms with Crippen LogP contribution in [0, 0.1) is 34.5 Å². The summed E-state index contributed by atoms with van der Waals surface area (Å²) in [5.41, 5.74) is -4.47. The fourth-order valence-electron chi connectivity index (χ4n) is 15.3. The van der Waals surface area contributed by atoms with Gasteiger partial charge in [-0.3, -0.25) is 9.59 Å². The Bertz CT molecular complexity index is 1880. The van der Waals surface area contributed by atoms with Crippen molar-refractivity contribution in [1.82, 2.24) is 0 Å². The second kappa shape index (κ2) is 23.2. The molecule has 74 heavy (non-hydrogen) atoms. The lowest BCUT2D eigenvalue weighted by atomic mass is 9.42. The van der Waals surface area contributed by atoms with Gasteiger partial charge in [0.25, 0.3) is 0 Å². The summed E-state index contributed by atoms with van der Waals surface area (Å²) >= 11 is 0. The Kier molecular flexibility index (Phi) is 18.3. The molecule has 19 nitrogen and oxygen atoms in total. The normalized spacial score (nSPS) is 50.4. The van der Waals surface area contributed by atoms with Crippen molar-refractivity contribution in [3.05, 3.63) is 0 Å². The number of carbonyl (C=O) groups is 2. The zero-order valence-electron chi connectivity index (χ0n) is 46.4. The molecule has 8 aliphatic rings. The van der Waals surface area contributed by atoms with Gasteiger partial charge in [-0.25, -0.2) is 0 Å². The smallest absolute Gasteiger partial charge is 0.309 e. The van der Waals surface area contributed by atoms with Crippen molar-refractivity contribution in [3.8, 4) is 0 Å². The fraction of sp³-hybridized carbons (Fsp3) is 0.964. The number of esters is 2. The number of hydrogen-bond donors (Lipinski definition) is 4. The molecular weight excluding hydrogens is 965 g/mol. The van der Waals surface area contributed by atoms with Crippen molar-refractivity contribution in [3.63, 3.8) is 0 Å². The number of carbonyl (C=O) groups excluding carboxylic acids is 2. The Morgan fingerprint density at radius 3 is 1.70 bits per heavy atom. The predicted octanol–water partition coefficient (Wildman–Crippen LogP) is 5.24. The van der Waals surface area contributed by atoms with Crippen LogP contribution >= 0.6 is 0 Å². The van der Waals surface area contributed by atoms with Crippen LogP contribution in [-0.4, -0.2) is 182 Å². The number of methoxy groups -OCH3 is 3. The molecule has 4 heterocycles. The third kappa shape index (κ3) is 10.9. The van der Waals surface area contributed by atoms with Crippen molar-refractivity contribution in [2.24, 2.45) is 34.5 Å². The number of rotatable bonds is 16. The average molecular weight is 1060 g/mol. The average Bonchev–Trinajstić information content (AvgIpc) is 3.58. The summed E-state index contributed by atoms with van der Waals surface area (Å²) in [5.74, 6) is -1.11. The second-order valence-electron chi connectivity index (χ2n) is 24.0. The third-order valence-corrected chi connectivity index (χ3v) is 20.1. The zero-order valence-corrected chi connectivity index (χ0v) is 46.4. The van der Waals surface area contributed by atoms with Gasteiger partial charge in [-0.1, -0.05) is 27.7 Å². The molecular formula is C55H92O19. The molecule has 4 saturated carbocycles. The molecule has 0 aromatic heterocycles. The van der Waals surface area contributed by atoms with Crippen LogP contribution in [0.15, 0.2) is 0 Å². The van der Waals surface area contributed by atoms with Crippen LogP contribution in [0.1, 0.15) is 153 Å². The molecule has 4 saturated heterocycles. The highest BCUT2D eigenvalue weighted by Crippen LogP contribution is 2.71. The number of aliphatic hydroxyl groups excluding tert-OH is 2. The zero-order chi connectivity index (χ0) is 53.8. The van der Waals surface area contributed by atoms with Crippen molar-refractivity contribution in [2.75, 3.05) is 21.3 Å². The lowest BCUT2D eigenvalue weighted by Gasteiger charge is -2.66. The Balaban J connectivity index is 0.837. The molecule has 0 amide bonds. The summed E-state index contributed by atoms with van der Waals surface area (Å²) < 4.78 is 80.8. The van der Waals surface area contributed by atoms with Gasteiger partial charge in [0.1, 0.15) is 42.2 Å². The van der Waals surface area contributed by atoms with Gasteiger partial charge in [0.15, 0.2) is 25.2 Å². The van der Waals surface area contributed by atoms with Crippen molar-refractivity contribution in [2.45, 2.75) is 281 Å². The van der Waals surface area contributed by atoms with E-state index in [-0.39, 0.29) is 54.1 Å². The Labute approximate surface area is 438 Å². The van der Waals surface area contributed by atoms with Gasteiger partial charge >= 0.3 is 11.9 Å². The van der Waals surface area contributed by atoms with Gasteiger partial charge in [0, 0.05) is 53.9 Å². The first-order chi connectivity index (χ1) is 34.9. The molecule has 426 valence electrons. The van der Waals surface area contributed by atoms with Crippen molar-refractivity contribution in [1.29, 1.82) is 0 Å². The van der Waals surface area contributed by atoms with Crippen LogP contribution in [0.4, 0.5) is 0 Å². The van der Waals surface area contributed by atoms with Crippen LogP contribution in [0.2, 0.25) is 0 Å². The molecule has 0 radical (unpaired) electrons. The molecule has 8 rings (SSSR count). The summed E-state index contributed by atoms with van der Waals surface area (Å²) in [4.78, 5) is 25.8. The summed E-state index contributed by atoms with van der Waals surface area (Å²) in [6.45, 7) is 18.4. The molecule has 0 bridgehead atoms. The van der Waals surface area contributed by atoms with Gasteiger partial charge < -0.3 is 82.0 Å². The molecule has 4 N–H and O–H groups in total. The minimum absolute atomic E-state index is 0.00849. The summed E-state index contributed by atoms with van der Waals surface area (Å²) in [5, 5.41) is 47.8. The number of fused-ring (bicyclic) bond motifs is 5. The van der Waals surface area contributed by atoms with Gasteiger partial charge in [-0.05, 0) is 116 Å². The molecule has 27 atom stereocenters. The quantitative estimate of drug-likeness (QED) is 0.114. The monoisotopic (exact) mass is 1060 g/mol. The number of hydrogen-bond acceptors (Lipinski definition) is 19. The maximum atomic E-state index is 13.1. The molecule has 0 spiro atoms. The van der Waals surface area contributed by atoms with E-state index in [9.17, 15) is 30.0 Å². The first kappa shape index (κ1) is 58.5. The van der Waals surface area contributed by atoms with E-state index in [1.807, 2.05) is 34.6 Å². The molecule has 0 aromatic rings. The topological polar surface area (TPSA) is 235 Å². The van der Waals surface area contributed by atoms with Crippen LogP contribution < -0.4 is 0 Å². The van der Waals surface area contributed by atoms with E-state index in [0.717, 1.165) is 32.1 Å². The van der Waals surface area contributed by atoms with Gasteiger partial charge in [-0.15, -0.1) is 0 Å². The Morgan fingerprint density at radius 2 is 1.16 bits per heavy atom. The second-order valence-corrected chi connectivity index (χ2v) is 24.0. The van der Waals surface area contributed by atoms with E-state index in [1.54, 1.807) is 42.1 Å². The van der Waals surface area contributed by atoms with Crippen LogP contribution in [-0.2, 0) is 71.2 Å². The first-order valence-electron chi connectivity index (χ1n) is 28.0. The lowest BCUT2D eigenvalue weighted by Crippen LogP contribution is -2.72. The highest BCUT2D eigenvalue weighted by molar-refractivity contribution is 5.72. The highest BCUT2D eigenvalue weighted by Gasteiger charge is 2.77. The number of ether oxygens (including phenoxy) is 13. The van der Waals surface area contributed by atoms with Crippen molar-refractivity contribution < 1.29 is 91.6 Å². The van der Waals surface area contributed by atoms with Gasteiger partial charge in [-0.2, -0.15) is 0 Å². The Hall–Kier alpha value is -1.66. The molecule has 0 aromatic carbocycles. The number of aliphatic hydroxyl groups is 4. The highest BCUT2D eigenvalue weighted by atomic mass is 16.8. The third-order valence-electron chi connectivity index (χ3n) is 20.1. The maximum Gasteiger partial charge on any atom is 0.309 e.